The first-order valence-corrected chi connectivity index (χ1v) is 14.5. The fraction of sp³-hybridized carbons (Fsp3) is 0.0732. The summed E-state index contributed by atoms with van der Waals surface area (Å²) in [5.74, 6) is 0. The number of nitrogens with zero attached hydrogens (tertiary/aromatic N) is 2. The first kappa shape index (κ1) is 30.8. The average Bonchev–Trinajstić information content (AvgIpc) is 3.06. The summed E-state index contributed by atoms with van der Waals surface area (Å²) in [4.78, 5) is 9.07. The molecule has 0 saturated carbocycles. The Balaban J connectivity index is 0.000000193. The molecule has 0 spiro atoms. The zero-order chi connectivity index (χ0) is 29.6. The van der Waals surface area contributed by atoms with Crippen molar-refractivity contribution >= 4 is 10.8 Å². The number of hydrogen-bond donors (Lipinski definition) is 0. The zero-order valence-corrected chi connectivity index (χ0v) is 27.4. The monoisotopic (exact) mass is 745 g/mol. The minimum Gasteiger partial charge on any atom is -0.304 e. The molecule has 7 rings (SSSR count). The van der Waals surface area contributed by atoms with Gasteiger partial charge in [0.1, 0.15) is 0 Å². The van der Waals surface area contributed by atoms with Crippen LogP contribution in [0.5, 0.6) is 0 Å². The minimum absolute atomic E-state index is 0. The van der Waals surface area contributed by atoms with E-state index in [0.29, 0.717) is 0 Å². The Morgan fingerprint density at radius 1 is 0.500 bits per heavy atom. The normalized spacial score (nSPS) is 10.4. The summed E-state index contributed by atoms with van der Waals surface area (Å²) in [5.41, 5.74) is 12.6. The van der Waals surface area contributed by atoms with Gasteiger partial charge >= 0.3 is 0 Å². The molecule has 2 nitrogen and oxygen atoms in total. The maximum atomic E-state index is 4.63. The molecule has 2 aromatic heterocycles. The molecule has 0 saturated heterocycles. The van der Waals surface area contributed by atoms with Crippen molar-refractivity contribution < 1.29 is 20.1 Å². The molecule has 0 bridgehead atoms. The van der Waals surface area contributed by atoms with Crippen molar-refractivity contribution in [2.24, 2.45) is 0 Å². The Hall–Kier alpha value is -4.69. The van der Waals surface area contributed by atoms with Crippen LogP contribution in [-0.2, 0) is 20.1 Å². The van der Waals surface area contributed by atoms with Crippen molar-refractivity contribution in [3.8, 4) is 44.8 Å². The van der Waals surface area contributed by atoms with E-state index in [1.165, 1.54) is 49.7 Å². The van der Waals surface area contributed by atoms with Gasteiger partial charge in [-0.2, -0.15) is 0 Å². The van der Waals surface area contributed by atoms with Crippen molar-refractivity contribution in [3.63, 3.8) is 0 Å². The van der Waals surface area contributed by atoms with E-state index in [4.69, 9.17) is 0 Å². The largest absolute Gasteiger partial charge is 0.304 e. The predicted molar refractivity (Wildman–Crippen MR) is 180 cm³/mol. The van der Waals surface area contributed by atoms with E-state index in [-0.39, 0.29) is 20.1 Å². The van der Waals surface area contributed by atoms with Gasteiger partial charge in [-0.3, -0.25) is 0 Å². The third kappa shape index (κ3) is 7.09. The number of pyridine rings is 2. The maximum absolute atomic E-state index is 4.63. The van der Waals surface area contributed by atoms with Gasteiger partial charge in [-0.1, -0.05) is 91.9 Å². The maximum Gasteiger partial charge on any atom is 0.0239 e. The molecule has 5 aromatic carbocycles. The van der Waals surface area contributed by atoms with Crippen molar-refractivity contribution in [2.75, 3.05) is 0 Å². The molecular weight excluding hydrogens is 713 g/mol. The SMILES string of the molecule is Cc1c[c-]c(-c2cc(-c3ccc(-c4ccccc4)cc3C)c(C)cn2)cc1.[Ir].[c-]1ccccc1-c1cc2ccccc2cn1. The zero-order valence-electron chi connectivity index (χ0n) is 25.0. The van der Waals surface area contributed by atoms with Crippen LogP contribution in [0.4, 0.5) is 0 Å². The Morgan fingerprint density at radius 3 is 1.93 bits per heavy atom. The van der Waals surface area contributed by atoms with Crippen LogP contribution in [0.25, 0.3) is 55.5 Å². The van der Waals surface area contributed by atoms with Crippen molar-refractivity contribution in [3.05, 3.63) is 169 Å². The Morgan fingerprint density at radius 2 is 1.20 bits per heavy atom. The number of fused-ring (bicyclic) bond motifs is 1. The Kier molecular flexibility index (Phi) is 9.92. The summed E-state index contributed by atoms with van der Waals surface area (Å²) in [6.07, 6.45) is 3.87. The molecule has 0 amide bonds. The molecule has 0 unspecified atom stereocenters. The standard InChI is InChI=1S/C26H22N.C15H10N.Ir/c1-18-9-11-22(12-10-18)26-16-25(20(3)17-27-26)24-14-13-23(15-19(24)2)21-7-5-4-6-8-21;1-2-6-12(7-3-1)15-10-13-8-4-5-9-14(13)11-16-15;/h4-11,13-17H,1-3H3;1-6,8-11H;/q2*-1;. The van der Waals surface area contributed by atoms with Crippen LogP contribution in [0.1, 0.15) is 16.7 Å². The molecule has 7 aromatic rings. The summed E-state index contributed by atoms with van der Waals surface area (Å²) < 4.78 is 0. The van der Waals surface area contributed by atoms with Crippen LogP contribution in [0.3, 0.4) is 0 Å². The van der Waals surface area contributed by atoms with Gasteiger partial charge in [0.2, 0.25) is 0 Å². The fourth-order valence-corrected chi connectivity index (χ4v) is 5.18. The molecular formula is C41H32IrN2-2. The van der Waals surface area contributed by atoms with Gasteiger partial charge < -0.3 is 9.97 Å². The molecule has 0 fully saturated rings. The van der Waals surface area contributed by atoms with Crippen molar-refractivity contribution in [1.29, 1.82) is 0 Å². The summed E-state index contributed by atoms with van der Waals surface area (Å²) in [7, 11) is 0. The molecule has 2 heterocycles. The molecule has 0 atom stereocenters. The number of aromatic nitrogens is 2. The molecule has 0 aliphatic carbocycles. The van der Waals surface area contributed by atoms with E-state index in [2.05, 4.69) is 128 Å². The van der Waals surface area contributed by atoms with E-state index in [9.17, 15) is 0 Å². The number of rotatable bonds is 4. The van der Waals surface area contributed by atoms with Crippen LogP contribution in [0, 0.1) is 32.9 Å². The Bertz CT molecular complexity index is 1980. The number of aryl methyl sites for hydroxylation is 3. The third-order valence-corrected chi connectivity index (χ3v) is 7.59. The first-order chi connectivity index (χ1) is 21.0. The van der Waals surface area contributed by atoms with Gasteiger partial charge in [0.25, 0.3) is 0 Å². The summed E-state index contributed by atoms with van der Waals surface area (Å²) >= 11 is 0. The molecule has 0 aliphatic rings. The summed E-state index contributed by atoms with van der Waals surface area (Å²) in [6.45, 7) is 6.38. The van der Waals surface area contributed by atoms with Crippen LogP contribution < -0.4 is 0 Å². The van der Waals surface area contributed by atoms with E-state index in [1.807, 2.05) is 54.9 Å². The van der Waals surface area contributed by atoms with Gasteiger partial charge in [0.15, 0.2) is 0 Å². The van der Waals surface area contributed by atoms with E-state index >= 15 is 0 Å². The first-order valence-electron chi connectivity index (χ1n) is 14.5. The summed E-state index contributed by atoms with van der Waals surface area (Å²) in [5, 5.41) is 2.38. The van der Waals surface area contributed by atoms with Crippen molar-refractivity contribution in [2.45, 2.75) is 20.8 Å². The van der Waals surface area contributed by atoms with Gasteiger partial charge in [0, 0.05) is 32.5 Å². The number of hydrogen-bond acceptors (Lipinski definition) is 2. The minimum atomic E-state index is 0. The molecule has 3 heteroatoms. The molecule has 44 heavy (non-hydrogen) atoms. The van der Waals surface area contributed by atoms with Gasteiger partial charge in [-0.15, -0.1) is 71.3 Å². The van der Waals surface area contributed by atoms with Crippen LogP contribution >= 0.6 is 0 Å². The van der Waals surface area contributed by atoms with Crippen LogP contribution in [-0.4, -0.2) is 9.97 Å². The number of benzene rings is 5. The molecule has 0 aliphatic heterocycles. The molecule has 217 valence electrons. The van der Waals surface area contributed by atoms with Gasteiger partial charge in [-0.25, -0.2) is 0 Å². The fourth-order valence-electron chi connectivity index (χ4n) is 5.18. The third-order valence-electron chi connectivity index (χ3n) is 7.59. The average molecular weight is 745 g/mol. The second-order valence-corrected chi connectivity index (χ2v) is 10.8. The van der Waals surface area contributed by atoms with Crippen LogP contribution in [0.2, 0.25) is 0 Å². The predicted octanol–water partition coefficient (Wildman–Crippen LogP) is 10.5. The van der Waals surface area contributed by atoms with Crippen LogP contribution in [0.15, 0.2) is 140 Å². The molecule has 0 N–H and O–H groups in total. The van der Waals surface area contributed by atoms with Gasteiger partial charge in [-0.05, 0) is 69.4 Å². The van der Waals surface area contributed by atoms with E-state index < -0.39 is 0 Å². The second-order valence-electron chi connectivity index (χ2n) is 10.8. The Labute approximate surface area is 273 Å². The van der Waals surface area contributed by atoms with Gasteiger partial charge in [0.05, 0.1) is 0 Å². The topological polar surface area (TPSA) is 25.8 Å². The quantitative estimate of drug-likeness (QED) is 0.168. The van der Waals surface area contributed by atoms with E-state index in [0.717, 1.165) is 22.5 Å². The van der Waals surface area contributed by atoms with Crippen molar-refractivity contribution in [1.82, 2.24) is 9.97 Å². The van der Waals surface area contributed by atoms with E-state index in [1.54, 1.807) is 0 Å². The second kappa shape index (κ2) is 14.2. The summed E-state index contributed by atoms with van der Waals surface area (Å²) in [6, 6.07) is 50.3. The molecule has 1 radical (unpaired) electrons. The smallest absolute Gasteiger partial charge is 0.0239 e.